The van der Waals surface area contributed by atoms with Gasteiger partial charge in [0.25, 0.3) is 0 Å². The molecule has 0 saturated carbocycles. The van der Waals surface area contributed by atoms with Crippen molar-refractivity contribution in [3.63, 3.8) is 0 Å². The molecule has 4 heteroatoms. The van der Waals surface area contributed by atoms with Crippen LogP contribution in [-0.4, -0.2) is 9.13 Å². The predicted octanol–water partition coefficient (Wildman–Crippen LogP) is 16.4. The molecule has 0 saturated heterocycles. The van der Waals surface area contributed by atoms with Gasteiger partial charge in [-0.25, -0.2) is 0 Å². The number of aromatic nitrogens is 2. The van der Waals surface area contributed by atoms with Crippen molar-refractivity contribution in [3.05, 3.63) is 310 Å². The lowest BCUT2D eigenvalue weighted by atomic mass is 9.67. The van der Waals surface area contributed by atoms with Crippen molar-refractivity contribution in [3.8, 4) is 45.8 Å². The molecule has 0 unspecified atom stereocenters. The second-order valence-corrected chi connectivity index (χ2v) is 19.6. The van der Waals surface area contributed by atoms with Gasteiger partial charge in [0.05, 0.1) is 49.8 Å². The number of benzene rings is 11. The molecule has 342 valence electrons. The van der Waals surface area contributed by atoms with E-state index in [2.05, 4.69) is 264 Å². The lowest BCUT2D eigenvalue weighted by molar-refractivity contribution is 0.769. The Labute approximate surface area is 428 Å². The van der Waals surface area contributed by atoms with Crippen LogP contribution in [0, 0.1) is 22.7 Å². The minimum atomic E-state index is -0.597. The van der Waals surface area contributed by atoms with Crippen molar-refractivity contribution in [1.82, 2.24) is 9.13 Å². The van der Waals surface area contributed by atoms with Gasteiger partial charge in [-0.15, -0.1) is 0 Å². The molecule has 2 aromatic heterocycles. The fraction of sp³-hybridized carbons (Fsp3) is 0.0286. The Morgan fingerprint density at radius 1 is 0.311 bits per heavy atom. The number of hydrogen-bond donors (Lipinski definition) is 0. The average Bonchev–Trinajstić information content (AvgIpc) is 4.21. The average molecular weight is 939 g/mol. The highest BCUT2D eigenvalue weighted by Crippen LogP contribution is 2.61. The second kappa shape index (κ2) is 15.7. The third-order valence-corrected chi connectivity index (χ3v) is 16.4. The number of nitriles is 2. The zero-order valence-electron chi connectivity index (χ0n) is 40.0. The van der Waals surface area contributed by atoms with Crippen LogP contribution in [0.5, 0.6) is 0 Å². The Kier molecular flexibility index (Phi) is 8.89. The van der Waals surface area contributed by atoms with E-state index in [1.54, 1.807) is 0 Å². The van der Waals surface area contributed by atoms with E-state index >= 15 is 0 Å². The smallest absolute Gasteiger partial charge is 0.104 e. The van der Waals surface area contributed by atoms with Crippen LogP contribution in [0.3, 0.4) is 0 Å². The van der Waals surface area contributed by atoms with Crippen LogP contribution in [-0.2, 0) is 10.8 Å². The standard InChI is InChI=1S/C70H42N4/c71-43-45-37-40-61(73-59-35-19-15-31-52(59)66-62(73)41-38-57-64(66)50-29-13-17-33-55(50)69(57,46-21-5-1-6-22-46)47-23-7-2-8-24-47)54(44-72)68(45)74-60-36-20-16-32-53(60)67-63(74)42-39-58-65(67)51-30-14-18-34-56(51)70(58,48-25-9-3-10-26-48)49-27-11-4-12-28-49/h1-42H. The topological polar surface area (TPSA) is 57.4 Å². The molecule has 0 fully saturated rings. The third kappa shape index (κ3) is 5.28. The van der Waals surface area contributed by atoms with E-state index in [-0.39, 0.29) is 0 Å². The third-order valence-electron chi connectivity index (χ3n) is 16.4. The number of nitrogens with zero attached hydrogens (tertiary/aromatic N) is 4. The minimum Gasteiger partial charge on any atom is -0.308 e. The molecular formula is C70H42N4. The van der Waals surface area contributed by atoms with Gasteiger partial charge in [0, 0.05) is 21.5 Å². The highest BCUT2D eigenvalue weighted by molar-refractivity contribution is 6.20. The molecule has 0 N–H and O–H groups in total. The van der Waals surface area contributed by atoms with Gasteiger partial charge in [0.15, 0.2) is 0 Å². The molecule has 13 aromatic rings. The Morgan fingerprint density at radius 3 is 1.15 bits per heavy atom. The first-order valence-corrected chi connectivity index (χ1v) is 25.2. The first-order chi connectivity index (χ1) is 36.7. The van der Waals surface area contributed by atoms with Crippen LogP contribution in [0.2, 0.25) is 0 Å². The SMILES string of the molecule is N#Cc1ccc(-n2c3ccccc3c3c4c(ccc32)C(c2ccccc2)(c2ccccc2)c2ccccc2-4)c(C#N)c1-n1c2ccccc2c2c3c(ccc21)C(c1ccccc1)(c1ccccc1)c1ccccc1-3. The molecule has 0 spiro atoms. The summed E-state index contributed by atoms with van der Waals surface area (Å²) in [5.41, 5.74) is 19.1. The van der Waals surface area contributed by atoms with E-state index in [9.17, 15) is 10.5 Å². The maximum Gasteiger partial charge on any atom is 0.104 e. The van der Waals surface area contributed by atoms with E-state index in [1.165, 1.54) is 61.2 Å². The Balaban J connectivity index is 1.03. The zero-order valence-corrected chi connectivity index (χ0v) is 40.0. The summed E-state index contributed by atoms with van der Waals surface area (Å²) in [6.07, 6.45) is 0. The fourth-order valence-electron chi connectivity index (χ4n) is 13.7. The highest BCUT2D eigenvalue weighted by Gasteiger charge is 2.49. The monoisotopic (exact) mass is 938 g/mol. The van der Waals surface area contributed by atoms with Crippen LogP contribution >= 0.6 is 0 Å². The molecule has 0 amide bonds. The molecule has 0 atom stereocenters. The van der Waals surface area contributed by atoms with Crippen LogP contribution in [0.4, 0.5) is 0 Å². The Bertz CT molecular complexity index is 4470. The summed E-state index contributed by atoms with van der Waals surface area (Å²) in [7, 11) is 0. The van der Waals surface area contributed by atoms with Crippen molar-refractivity contribution in [2.24, 2.45) is 0 Å². The largest absolute Gasteiger partial charge is 0.308 e. The van der Waals surface area contributed by atoms with Crippen molar-refractivity contribution >= 4 is 43.6 Å². The summed E-state index contributed by atoms with van der Waals surface area (Å²) in [6.45, 7) is 0. The molecule has 0 radical (unpaired) electrons. The predicted molar refractivity (Wildman–Crippen MR) is 299 cm³/mol. The van der Waals surface area contributed by atoms with Gasteiger partial charge in [0.1, 0.15) is 17.7 Å². The zero-order chi connectivity index (χ0) is 49.1. The molecule has 2 aliphatic carbocycles. The fourth-order valence-corrected chi connectivity index (χ4v) is 13.7. The van der Waals surface area contributed by atoms with Crippen molar-refractivity contribution in [1.29, 1.82) is 10.5 Å². The van der Waals surface area contributed by atoms with Gasteiger partial charge in [-0.05, 0) is 103 Å². The van der Waals surface area contributed by atoms with Crippen LogP contribution in [0.25, 0.3) is 77.2 Å². The first kappa shape index (κ1) is 41.8. The van der Waals surface area contributed by atoms with E-state index < -0.39 is 10.8 Å². The molecular weight excluding hydrogens is 897 g/mol. The molecule has 2 heterocycles. The van der Waals surface area contributed by atoms with Gasteiger partial charge >= 0.3 is 0 Å². The van der Waals surface area contributed by atoms with E-state index in [1.807, 2.05) is 12.1 Å². The molecule has 4 nitrogen and oxygen atoms in total. The first-order valence-electron chi connectivity index (χ1n) is 25.2. The van der Waals surface area contributed by atoms with E-state index in [0.717, 1.165) is 49.2 Å². The van der Waals surface area contributed by atoms with Gasteiger partial charge < -0.3 is 9.13 Å². The summed E-state index contributed by atoms with van der Waals surface area (Å²) in [4.78, 5) is 0. The van der Waals surface area contributed by atoms with Gasteiger partial charge in [0.2, 0.25) is 0 Å². The summed E-state index contributed by atoms with van der Waals surface area (Å²) >= 11 is 0. The quantitative estimate of drug-likeness (QED) is 0.167. The van der Waals surface area contributed by atoms with Crippen LogP contribution < -0.4 is 0 Å². The van der Waals surface area contributed by atoms with Gasteiger partial charge in [-0.2, -0.15) is 10.5 Å². The molecule has 2 aliphatic rings. The Morgan fingerprint density at radius 2 is 0.703 bits per heavy atom. The number of hydrogen-bond acceptors (Lipinski definition) is 2. The summed E-state index contributed by atoms with van der Waals surface area (Å²) in [5.74, 6) is 0. The maximum absolute atomic E-state index is 11.8. The Hall–Kier alpha value is -10.0. The normalized spacial score (nSPS) is 13.6. The van der Waals surface area contributed by atoms with Crippen LogP contribution in [0.1, 0.15) is 55.6 Å². The van der Waals surface area contributed by atoms with Crippen molar-refractivity contribution < 1.29 is 0 Å². The highest BCUT2D eigenvalue weighted by atomic mass is 15.0. The number of fused-ring (bicyclic) bond motifs is 14. The van der Waals surface area contributed by atoms with E-state index in [4.69, 9.17) is 0 Å². The van der Waals surface area contributed by atoms with Crippen molar-refractivity contribution in [2.45, 2.75) is 10.8 Å². The molecule has 15 rings (SSSR count). The van der Waals surface area contributed by atoms with E-state index in [0.29, 0.717) is 22.5 Å². The van der Waals surface area contributed by atoms with Crippen LogP contribution in [0.15, 0.2) is 255 Å². The lowest BCUT2D eigenvalue weighted by Crippen LogP contribution is -2.28. The van der Waals surface area contributed by atoms with Crippen molar-refractivity contribution in [2.75, 3.05) is 0 Å². The van der Waals surface area contributed by atoms with Gasteiger partial charge in [-0.3, -0.25) is 0 Å². The summed E-state index contributed by atoms with van der Waals surface area (Å²) < 4.78 is 4.45. The second-order valence-electron chi connectivity index (χ2n) is 19.6. The molecule has 74 heavy (non-hydrogen) atoms. The maximum atomic E-state index is 11.8. The molecule has 0 bridgehead atoms. The van der Waals surface area contributed by atoms with Gasteiger partial charge in [-0.1, -0.05) is 218 Å². The summed E-state index contributed by atoms with van der Waals surface area (Å²) in [5, 5.41) is 27.4. The lowest BCUT2D eigenvalue weighted by Gasteiger charge is -2.33. The number of para-hydroxylation sites is 2. The number of rotatable bonds is 6. The molecule has 11 aromatic carbocycles. The minimum absolute atomic E-state index is 0.419. The summed E-state index contributed by atoms with van der Waals surface area (Å²) in [6, 6.07) is 96.5. The molecule has 0 aliphatic heterocycles.